The van der Waals surface area contributed by atoms with Gasteiger partial charge in [0.2, 0.25) is 5.95 Å². The van der Waals surface area contributed by atoms with Crippen molar-refractivity contribution in [3.63, 3.8) is 0 Å². The number of benzene rings is 3. The van der Waals surface area contributed by atoms with Crippen LogP contribution in [0, 0.1) is 5.82 Å². The Bertz CT molecular complexity index is 1440. The van der Waals surface area contributed by atoms with Gasteiger partial charge in [0.1, 0.15) is 11.6 Å². The molecule has 0 amide bonds. The zero-order chi connectivity index (χ0) is 23.6. The predicted molar refractivity (Wildman–Crippen MR) is 137 cm³/mol. The highest BCUT2D eigenvalue weighted by molar-refractivity contribution is 5.90. The van der Waals surface area contributed by atoms with Crippen molar-refractivity contribution >= 4 is 34.2 Å². The molecule has 1 aliphatic rings. The molecule has 1 saturated heterocycles. The quantitative estimate of drug-likeness (QED) is 0.393. The van der Waals surface area contributed by atoms with E-state index in [0.717, 1.165) is 37.3 Å². The summed E-state index contributed by atoms with van der Waals surface area (Å²) in [6.45, 7) is 3.32. The third-order valence-electron chi connectivity index (χ3n) is 6.19. The van der Waals surface area contributed by atoms with Crippen molar-refractivity contribution < 1.29 is 4.39 Å². The molecule has 7 nitrogen and oxygen atoms in total. The first-order chi connectivity index (χ1) is 17.2. The number of para-hydroxylation sites is 2. The van der Waals surface area contributed by atoms with E-state index in [0.29, 0.717) is 23.1 Å². The second kappa shape index (κ2) is 9.06. The van der Waals surface area contributed by atoms with Gasteiger partial charge in [-0.25, -0.2) is 9.07 Å². The molecule has 0 atom stereocenters. The molecule has 1 N–H and O–H groups in total. The normalized spacial score (nSPS) is 13.9. The van der Waals surface area contributed by atoms with Crippen molar-refractivity contribution in [3.8, 4) is 5.69 Å². The average Bonchev–Trinajstić information content (AvgIpc) is 3.34. The summed E-state index contributed by atoms with van der Waals surface area (Å²) in [5, 5.41) is 8.65. The molecule has 0 bridgehead atoms. The van der Waals surface area contributed by atoms with Crippen LogP contribution in [-0.2, 0) is 0 Å². The van der Waals surface area contributed by atoms with Crippen LogP contribution in [0.25, 0.3) is 16.7 Å². The number of fused-ring (bicyclic) bond motifs is 1. The van der Waals surface area contributed by atoms with Crippen LogP contribution in [-0.4, -0.2) is 45.9 Å². The van der Waals surface area contributed by atoms with Gasteiger partial charge in [-0.2, -0.15) is 15.1 Å². The second-order valence-electron chi connectivity index (χ2n) is 8.45. The van der Waals surface area contributed by atoms with Crippen LogP contribution < -0.4 is 15.1 Å². The highest BCUT2D eigenvalue weighted by Gasteiger charge is 2.22. The molecule has 174 valence electrons. The molecule has 0 radical (unpaired) electrons. The van der Waals surface area contributed by atoms with Gasteiger partial charge in [-0.1, -0.05) is 42.5 Å². The second-order valence-corrected chi connectivity index (χ2v) is 8.45. The van der Waals surface area contributed by atoms with Gasteiger partial charge in [0.05, 0.1) is 17.3 Å². The highest BCUT2D eigenvalue weighted by Crippen LogP contribution is 2.29. The third kappa shape index (κ3) is 4.26. The van der Waals surface area contributed by atoms with Gasteiger partial charge in [0.25, 0.3) is 0 Å². The molecule has 2 aromatic heterocycles. The van der Waals surface area contributed by atoms with Crippen LogP contribution in [0.2, 0.25) is 0 Å². The summed E-state index contributed by atoms with van der Waals surface area (Å²) in [7, 11) is 0. The first-order valence-electron chi connectivity index (χ1n) is 11.6. The van der Waals surface area contributed by atoms with E-state index < -0.39 is 0 Å². The van der Waals surface area contributed by atoms with Crippen molar-refractivity contribution in [1.29, 1.82) is 0 Å². The molecule has 35 heavy (non-hydrogen) atoms. The maximum atomic E-state index is 13.9. The molecule has 1 fully saturated rings. The molecular formula is C27H24FN7. The van der Waals surface area contributed by atoms with Crippen LogP contribution in [0.15, 0.2) is 91.1 Å². The fourth-order valence-corrected chi connectivity index (χ4v) is 4.40. The van der Waals surface area contributed by atoms with Gasteiger partial charge in [0.15, 0.2) is 5.65 Å². The van der Waals surface area contributed by atoms with Crippen molar-refractivity contribution in [2.24, 2.45) is 0 Å². The van der Waals surface area contributed by atoms with E-state index in [1.165, 1.54) is 17.8 Å². The molecule has 6 rings (SSSR count). The molecule has 0 saturated carbocycles. The summed E-state index contributed by atoms with van der Waals surface area (Å²) in [6, 6.07) is 26.7. The van der Waals surface area contributed by atoms with E-state index in [2.05, 4.69) is 44.5 Å². The fourth-order valence-electron chi connectivity index (χ4n) is 4.40. The van der Waals surface area contributed by atoms with Gasteiger partial charge >= 0.3 is 0 Å². The fraction of sp³-hybridized carbons (Fsp3) is 0.148. The average molecular weight is 466 g/mol. The van der Waals surface area contributed by atoms with Crippen LogP contribution in [0.5, 0.6) is 0 Å². The largest absolute Gasteiger partial charge is 0.368 e. The summed E-state index contributed by atoms with van der Waals surface area (Å²) in [5.74, 6) is 0.919. The Balaban J connectivity index is 1.37. The molecular weight excluding hydrogens is 441 g/mol. The molecule has 3 aromatic carbocycles. The summed E-state index contributed by atoms with van der Waals surface area (Å²) >= 11 is 0. The van der Waals surface area contributed by atoms with Gasteiger partial charge < -0.3 is 15.1 Å². The van der Waals surface area contributed by atoms with Gasteiger partial charge in [-0.05, 0) is 42.5 Å². The molecule has 0 unspecified atom stereocenters. The number of anilines is 4. The van der Waals surface area contributed by atoms with E-state index in [4.69, 9.17) is 9.97 Å². The summed E-state index contributed by atoms with van der Waals surface area (Å²) < 4.78 is 15.7. The van der Waals surface area contributed by atoms with Crippen LogP contribution >= 0.6 is 0 Å². The van der Waals surface area contributed by atoms with E-state index in [-0.39, 0.29) is 5.82 Å². The lowest BCUT2D eigenvalue weighted by molar-refractivity contribution is 0.628. The Morgan fingerprint density at radius 1 is 0.714 bits per heavy atom. The molecule has 5 aromatic rings. The molecule has 0 aliphatic carbocycles. The van der Waals surface area contributed by atoms with Crippen LogP contribution in [0.4, 0.5) is 27.5 Å². The van der Waals surface area contributed by atoms with E-state index in [9.17, 15) is 4.39 Å². The zero-order valence-electron chi connectivity index (χ0n) is 19.0. The van der Waals surface area contributed by atoms with E-state index >= 15 is 0 Å². The maximum Gasteiger partial charge on any atom is 0.229 e. The summed E-state index contributed by atoms with van der Waals surface area (Å²) in [6.07, 6.45) is 1.75. The zero-order valence-corrected chi connectivity index (χ0v) is 19.0. The molecule has 0 spiro atoms. The Labute approximate surface area is 202 Å². The van der Waals surface area contributed by atoms with Gasteiger partial charge in [-0.15, -0.1) is 0 Å². The van der Waals surface area contributed by atoms with Crippen LogP contribution in [0.1, 0.15) is 0 Å². The summed E-state index contributed by atoms with van der Waals surface area (Å²) in [4.78, 5) is 14.4. The van der Waals surface area contributed by atoms with Gasteiger partial charge in [0, 0.05) is 37.6 Å². The number of piperazine rings is 1. The first-order valence-corrected chi connectivity index (χ1v) is 11.6. The number of halogens is 1. The van der Waals surface area contributed by atoms with Crippen molar-refractivity contribution in [3.05, 3.63) is 96.9 Å². The number of hydrogen-bond donors (Lipinski definition) is 1. The predicted octanol–water partition coefficient (Wildman–Crippen LogP) is 5.02. The lowest BCUT2D eigenvalue weighted by Crippen LogP contribution is -2.47. The Morgan fingerprint density at radius 3 is 2.11 bits per heavy atom. The van der Waals surface area contributed by atoms with Crippen LogP contribution in [0.3, 0.4) is 0 Å². The highest BCUT2D eigenvalue weighted by atomic mass is 19.1. The smallest absolute Gasteiger partial charge is 0.229 e. The minimum Gasteiger partial charge on any atom is -0.368 e. The standard InChI is InChI=1S/C27H24FN7/c28-20-8-7-9-21(18-20)30-25-24-19-29-35(23-12-5-2-6-13-23)26(24)32-27(31-25)34-16-14-33(15-17-34)22-10-3-1-4-11-22/h1-13,18-19H,14-17H2,(H,30,31,32). The number of nitrogens with zero attached hydrogens (tertiary/aromatic N) is 6. The topological polar surface area (TPSA) is 62.1 Å². The van der Waals surface area contributed by atoms with E-state index in [1.807, 2.05) is 47.1 Å². The number of aromatic nitrogens is 4. The Hall–Kier alpha value is -4.46. The summed E-state index contributed by atoms with van der Waals surface area (Å²) in [5.41, 5.74) is 3.46. The molecule has 3 heterocycles. The van der Waals surface area contributed by atoms with Gasteiger partial charge in [-0.3, -0.25) is 0 Å². The first kappa shape index (κ1) is 21.1. The van der Waals surface area contributed by atoms with Crippen molar-refractivity contribution in [1.82, 2.24) is 19.7 Å². The molecule has 8 heteroatoms. The number of rotatable bonds is 5. The van der Waals surface area contributed by atoms with Crippen molar-refractivity contribution in [2.75, 3.05) is 41.3 Å². The number of nitrogens with one attached hydrogen (secondary N) is 1. The number of hydrogen-bond acceptors (Lipinski definition) is 6. The lowest BCUT2D eigenvalue weighted by Gasteiger charge is -2.36. The third-order valence-corrected chi connectivity index (χ3v) is 6.19. The lowest BCUT2D eigenvalue weighted by atomic mass is 10.2. The minimum atomic E-state index is -0.308. The Morgan fingerprint density at radius 2 is 1.40 bits per heavy atom. The monoisotopic (exact) mass is 465 g/mol. The minimum absolute atomic E-state index is 0.308. The van der Waals surface area contributed by atoms with Crippen molar-refractivity contribution in [2.45, 2.75) is 0 Å². The molecule has 1 aliphatic heterocycles. The SMILES string of the molecule is Fc1cccc(Nc2nc(N3CCN(c4ccccc4)CC3)nc3c2cnn3-c2ccccc2)c1. The maximum absolute atomic E-state index is 13.9. The Kier molecular flexibility index (Phi) is 5.46. The van der Waals surface area contributed by atoms with E-state index in [1.54, 1.807) is 12.3 Å².